The first-order valence-corrected chi connectivity index (χ1v) is 7.09. The lowest BCUT2D eigenvalue weighted by Crippen LogP contribution is -2.40. The number of rotatable bonds is 6. The van der Waals surface area contributed by atoms with Gasteiger partial charge < -0.3 is 4.74 Å². The molecule has 7 heteroatoms. The van der Waals surface area contributed by atoms with Gasteiger partial charge in [-0.25, -0.2) is 0 Å². The second kappa shape index (κ2) is 7.13. The van der Waals surface area contributed by atoms with Crippen LogP contribution in [0.25, 0.3) is 0 Å². The van der Waals surface area contributed by atoms with Crippen molar-refractivity contribution in [3.8, 4) is 0 Å². The van der Waals surface area contributed by atoms with E-state index in [9.17, 15) is 24.5 Å². The maximum absolute atomic E-state index is 12.6. The maximum Gasteiger partial charge on any atom is 0.324 e. The molecule has 0 fully saturated rings. The molecule has 1 unspecified atom stereocenters. The zero-order valence-electron chi connectivity index (χ0n) is 13.5. The summed E-state index contributed by atoms with van der Waals surface area (Å²) in [6.07, 6.45) is 0. The largest absolute Gasteiger partial charge is 0.465 e. The minimum Gasteiger partial charge on any atom is -0.465 e. The van der Waals surface area contributed by atoms with Crippen molar-refractivity contribution in [3.05, 3.63) is 39.9 Å². The number of esters is 1. The van der Waals surface area contributed by atoms with Gasteiger partial charge in [0.15, 0.2) is 17.5 Å². The highest BCUT2D eigenvalue weighted by molar-refractivity contribution is 6.24. The normalized spacial score (nSPS) is 12.3. The van der Waals surface area contributed by atoms with Crippen molar-refractivity contribution in [2.45, 2.75) is 27.7 Å². The van der Waals surface area contributed by atoms with Crippen LogP contribution in [0.5, 0.6) is 0 Å². The highest BCUT2D eigenvalue weighted by atomic mass is 16.6. The van der Waals surface area contributed by atoms with Gasteiger partial charge in [-0.2, -0.15) is 0 Å². The molecule has 124 valence electrons. The Kier molecular flexibility index (Phi) is 5.73. The Bertz CT molecular complexity index is 644. The summed E-state index contributed by atoms with van der Waals surface area (Å²) >= 11 is 0. The van der Waals surface area contributed by atoms with Gasteiger partial charge in [0.2, 0.25) is 0 Å². The Morgan fingerprint density at radius 2 is 1.78 bits per heavy atom. The van der Waals surface area contributed by atoms with Crippen LogP contribution < -0.4 is 0 Å². The van der Waals surface area contributed by atoms with Crippen LogP contribution in [0.1, 0.15) is 38.1 Å². The van der Waals surface area contributed by atoms with E-state index in [0.29, 0.717) is 0 Å². The predicted molar refractivity (Wildman–Crippen MR) is 82.0 cm³/mol. The highest BCUT2D eigenvalue weighted by Gasteiger charge is 2.42. The first-order valence-electron chi connectivity index (χ1n) is 7.09. The summed E-state index contributed by atoms with van der Waals surface area (Å²) < 4.78 is 4.81. The van der Waals surface area contributed by atoms with Gasteiger partial charge in [-0.1, -0.05) is 32.9 Å². The number of nitro benzene ring substituents is 1. The summed E-state index contributed by atoms with van der Waals surface area (Å²) in [5.74, 6) is -4.26. The molecule has 0 aliphatic carbocycles. The van der Waals surface area contributed by atoms with Gasteiger partial charge in [0.05, 0.1) is 17.1 Å². The fourth-order valence-corrected chi connectivity index (χ4v) is 1.99. The van der Waals surface area contributed by atoms with E-state index in [0.717, 1.165) is 6.07 Å². The predicted octanol–water partition coefficient (Wildman–Crippen LogP) is 2.57. The number of carbonyl (C=O) groups excluding carboxylic acids is 3. The van der Waals surface area contributed by atoms with Crippen LogP contribution in [-0.4, -0.2) is 29.1 Å². The van der Waals surface area contributed by atoms with Gasteiger partial charge in [0, 0.05) is 11.5 Å². The molecule has 0 aliphatic heterocycles. The van der Waals surface area contributed by atoms with E-state index < -0.39 is 39.5 Å². The van der Waals surface area contributed by atoms with Crippen LogP contribution in [0.15, 0.2) is 24.3 Å². The zero-order valence-corrected chi connectivity index (χ0v) is 13.5. The summed E-state index contributed by atoms with van der Waals surface area (Å²) in [4.78, 5) is 47.6. The summed E-state index contributed by atoms with van der Waals surface area (Å²) in [6, 6.07) is 5.21. The standard InChI is InChI=1S/C16H19NO6/c1-5-23-15(20)12(14(19)16(2,3)4)13(18)10-8-6-7-9-11(10)17(21)22/h6-9,12H,5H2,1-4H3. The van der Waals surface area contributed by atoms with E-state index in [-0.39, 0.29) is 12.2 Å². The highest BCUT2D eigenvalue weighted by Crippen LogP contribution is 2.27. The molecule has 1 atom stereocenters. The van der Waals surface area contributed by atoms with E-state index in [2.05, 4.69) is 0 Å². The third-order valence-electron chi connectivity index (χ3n) is 3.15. The van der Waals surface area contributed by atoms with E-state index >= 15 is 0 Å². The molecule has 0 heterocycles. The van der Waals surface area contributed by atoms with Crippen LogP contribution in [0.2, 0.25) is 0 Å². The number of benzene rings is 1. The second-order valence-corrected chi connectivity index (χ2v) is 5.94. The minimum absolute atomic E-state index is 0.00306. The van der Waals surface area contributed by atoms with Crippen LogP contribution in [-0.2, 0) is 14.3 Å². The Balaban J connectivity index is 3.38. The van der Waals surface area contributed by atoms with Gasteiger partial charge in [-0.15, -0.1) is 0 Å². The molecule has 0 saturated heterocycles. The molecule has 1 aromatic rings. The molecular formula is C16H19NO6. The van der Waals surface area contributed by atoms with Gasteiger partial charge in [-0.05, 0) is 13.0 Å². The van der Waals surface area contributed by atoms with Crippen molar-refractivity contribution in [1.29, 1.82) is 0 Å². The smallest absolute Gasteiger partial charge is 0.324 e. The van der Waals surface area contributed by atoms with Crippen molar-refractivity contribution in [2.24, 2.45) is 11.3 Å². The fraction of sp³-hybridized carbons (Fsp3) is 0.438. The number of nitrogens with zero attached hydrogens (tertiary/aromatic N) is 1. The van der Waals surface area contributed by atoms with Gasteiger partial charge in [-0.3, -0.25) is 24.5 Å². The number of Topliss-reactive ketones (excluding diaryl/α,β-unsaturated/α-hetero) is 2. The van der Waals surface area contributed by atoms with Crippen molar-refractivity contribution in [2.75, 3.05) is 6.61 Å². The Morgan fingerprint density at radius 1 is 1.22 bits per heavy atom. The second-order valence-electron chi connectivity index (χ2n) is 5.94. The number of ketones is 2. The molecule has 0 amide bonds. The number of nitro groups is 1. The van der Waals surface area contributed by atoms with Gasteiger partial charge >= 0.3 is 5.97 Å². The average molecular weight is 321 g/mol. The Labute approximate surface area is 133 Å². The third-order valence-corrected chi connectivity index (χ3v) is 3.15. The van der Waals surface area contributed by atoms with Crippen molar-refractivity contribution >= 4 is 23.2 Å². The van der Waals surface area contributed by atoms with Crippen molar-refractivity contribution < 1.29 is 24.0 Å². The van der Waals surface area contributed by atoms with Crippen LogP contribution in [0.4, 0.5) is 5.69 Å². The lowest BCUT2D eigenvalue weighted by atomic mass is 9.79. The van der Waals surface area contributed by atoms with E-state index in [1.54, 1.807) is 27.7 Å². The number of hydrogen-bond donors (Lipinski definition) is 0. The minimum atomic E-state index is -1.71. The molecule has 0 spiro atoms. The Hall–Kier alpha value is -2.57. The summed E-state index contributed by atoms with van der Waals surface area (Å²) in [5, 5.41) is 11.1. The van der Waals surface area contributed by atoms with E-state index in [1.165, 1.54) is 18.2 Å². The fourth-order valence-electron chi connectivity index (χ4n) is 1.99. The summed E-state index contributed by atoms with van der Waals surface area (Å²) in [7, 11) is 0. The molecule has 0 radical (unpaired) electrons. The maximum atomic E-state index is 12.6. The molecule has 0 N–H and O–H groups in total. The van der Waals surface area contributed by atoms with Crippen LogP contribution in [0, 0.1) is 21.4 Å². The number of hydrogen-bond acceptors (Lipinski definition) is 6. The molecule has 0 saturated carbocycles. The topological polar surface area (TPSA) is 104 Å². The number of ether oxygens (including phenoxy) is 1. The first-order chi connectivity index (χ1) is 10.6. The quantitative estimate of drug-likeness (QED) is 0.262. The SMILES string of the molecule is CCOC(=O)C(C(=O)c1ccccc1[N+](=O)[O-])C(=O)C(C)(C)C. The summed E-state index contributed by atoms with van der Waals surface area (Å²) in [6.45, 7) is 6.24. The average Bonchev–Trinajstić information content (AvgIpc) is 2.46. The molecule has 0 bridgehead atoms. The molecule has 1 aromatic carbocycles. The first kappa shape index (κ1) is 18.5. The van der Waals surface area contributed by atoms with Crippen LogP contribution in [0.3, 0.4) is 0 Å². The van der Waals surface area contributed by atoms with E-state index in [1.807, 2.05) is 0 Å². The lowest BCUT2D eigenvalue weighted by molar-refractivity contribution is -0.385. The number of carbonyl (C=O) groups is 3. The molecule has 7 nitrogen and oxygen atoms in total. The van der Waals surface area contributed by atoms with Gasteiger partial charge in [0.25, 0.3) is 5.69 Å². The monoisotopic (exact) mass is 321 g/mol. The molecule has 23 heavy (non-hydrogen) atoms. The zero-order chi connectivity index (χ0) is 17.8. The lowest BCUT2D eigenvalue weighted by Gasteiger charge is -2.22. The molecule has 1 rings (SSSR count). The van der Waals surface area contributed by atoms with Crippen molar-refractivity contribution in [1.82, 2.24) is 0 Å². The molecule has 0 aliphatic rings. The Morgan fingerprint density at radius 3 is 2.26 bits per heavy atom. The summed E-state index contributed by atoms with van der Waals surface area (Å²) in [5.41, 5.74) is -1.71. The third kappa shape index (κ3) is 4.21. The molecule has 0 aromatic heterocycles. The number of para-hydroxylation sites is 1. The van der Waals surface area contributed by atoms with Crippen molar-refractivity contribution in [3.63, 3.8) is 0 Å². The van der Waals surface area contributed by atoms with E-state index in [4.69, 9.17) is 4.74 Å². The van der Waals surface area contributed by atoms with Crippen LogP contribution >= 0.6 is 0 Å². The molecular weight excluding hydrogens is 302 g/mol. The van der Waals surface area contributed by atoms with Gasteiger partial charge in [0.1, 0.15) is 0 Å².